The average Bonchev–Trinajstić information content (AvgIpc) is 2.43. The Hall–Kier alpha value is -2.21. The van der Waals surface area contributed by atoms with Crippen LogP contribution >= 0.6 is 0 Å². The van der Waals surface area contributed by atoms with E-state index in [1.54, 1.807) is 44.4 Å². The van der Waals surface area contributed by atoms with Crippen LogP contribution in [0, 0.1) is 13.8 Å². The first-order valence-corrected chi connectivity index (χ1v) is 7.85. The van der Waals surface area contributed by atoms with Crippen LogP contribution in [0.1, 0.15) is 11.1 Å². The zero-order chi connectivity index (χ0) is 15.6. The van der Waals surface area contributed by atoms with Crippen LogP contribution < -0.4 is 15.2 Å². The fraction of sp³-hybridized carbons (Fsp3) is 0.200. The number of rotatable bonds is 4. The molecule has 6 heteroatoms. The molecule has 0 spiro atoms. The lowest BCUT2D eigenvalue weighted by molar-refractivity contribution is 0.415. The van der Waals surface area contributed by atoms with E-state index in [1.165, 1.54) is 6.07 Å². The highest BCUT2D eigenvalue weighted by Crippen LogP contribution is 2.25. The molecule has 3 N–H and O–H groups in total. The van der Waals surface area contributed by atoms with E-state index in [-0.39, 0.29) is 4.90 Å². The molecule has 0 aliphatic heterocycles. The Morgan fingerprint density at radius 3 is 2.29 bits per heavy atom. The van der Waals surface area contributed by atoms with E-state index in [0.717, 1.165) is 5.56 Å². The van der Waals surface area contributed by atoms with Crippen molar-refractivity contribution in [2.24, 2.45) is 0 Å². The van der Waals surface area contributed by atoms with E-state index in [9.17, 15) is 8.42 Å². The summed E-state index contributed by atoms with van der Waals surface area (Å²) in [5, 5.41) is 0. The largest absolute Gasteiger partial charge is 0.497 e. The molecule has 0 bridgehead atoms. The van der Waals surface area contributed by atoms with Gasteiger partial charge in [-0.05, 0) is 61.4 Å². The highest BCUT2D eigenvalue weighted by atomic mass is 32.2. The predicted octanol–water partition coefficient (Wildman–Crippen LogP) is 2.70. The number of nitrogens with one attached hydrogen (secondary N) is 1. The molecule has 2 rings (SSSR count). The summed E-state index contributed by atoms with van der Waals surface area (Å²) in [7, 11) is -2.13. The molecule has 0 amide bonds. The molecule has 0 saturated heterocycles. The highest BCUT2D eigenvalue weighted by Gasteiger charge is 2.18. The van der Waals surface area contributed by atoms with Gasteiger partial charge in [-0.3, -0.25) is 4.72 Å². The molecule has 2 aromatic carbocycles. The quantitative estimate of drug-likeness (QED) is 0.851. The summed E-state index contributed by atoms with van der Waals surface area (Å²) in [5.41, 5.74) is 8.16. The number of hydrogen-bond donors (Lipinski definition) is 2. The molecule has 0 fully saturated rings. The molecule has 0 atom stereocenters. The second kappa shape index (κ2) is 5.65. The summed E-state index contributed by atoms with van der Waals surface area (Å²) in [6.45, 7) is 3.59. The third-order valence-electron chi connectivity index (χ3n) is 3.27. The standard InChI is InChI=1S/C15H18N2O3S/c1-10-8-12(16)9-15(11(10)2)21(18,19)17-13-4-6-14(20-3)7-5-13/h4-9,17H,16H2,1-3H3. The highest BCUT2D eigenvalue weighted by molar-refractivity contribution is 7.92. The van der Waals surface area contributed by atoms with Gasteiger partial charge in [0.1, 0.15) is 5.75 Å². The van der Waals surface area contributed by atoms with Crippen LogP contribution in [0.3, 0.4) is 0 Å². The van der Waals surface area contributed by atoms with Gasteiger partial charge in [-0.15, -0.1) is 0 Å². The fourth-order valence-corrected chi connectivity index (χ4v) is 3.41. The van der Waals surface area contributed by atoms with Gasteiger partial charge in [-0.25, -0.2) is 8.42 Å². The molecule has 0 radical (unpaired) electrons. The molecule has 0 heterocycles. The molecule has 0 aromatic heterocycles. The topological polar surface area (TPSA) is 81.4 Å². The second-order valence-corrected chi connectivity index (χ2v) is 6.45. The van der Waals surface area contributed by atoms with Gasteiger partial charge in [0.25, 0.3) is 10.0 Å². The van der Waals surface area contributed by atoms with Crippen molar-refractivity contribution in [1.82, 2.24) is 0 Å². The third kappa shape index (κ3) is 3.28. The van der Waals surface area contributed by atoms with Crippen LogP contribution in [-0.2, 0) is 10.0 Å². The van der Waals surface area contributed by atoms with Gasteiger partial charge < -0.3 is 10.5 Å². The lowest BCUT2D eigenvalue weighted by Gasteiger charge is -2.13. The van der Waals surface area contributed by atoms with E-state index >= 15 is 0 Å². The molecule has 5 nitrogen and oxygen atoms in total. The lowest BCUT2D eigenvalue weighted by atomic mass is 10.1. The van der Waals surface area contributed by atoms with Gasteiger partial charge in [-0.2, -0.15) is 0 Å². The SMILES string of the molecule is COc1ccc(NS(=O)(=O)c2cc(N)cc(C)c2C)cc1. The molecular formula is C15H18N2O3S. The Morgan fingerprint density at radius 2 is 1.71 bits per heavy atom. The number of benzene rings is 2. The maximum Gasteiger partial charge on any atom is 0.262 e. The van der Waals surface area contributed by atoms with E-state index in [4.69, 9.17) is 10.5 Å². The Kier molecular flexibility index (Phi) is 4.09. The number of ether oxygens (including phenoxy) is 1. The van der Waals surface area contributed by atoms with Crippen LogP contribution in [-0.4, -0.2) is 15.5 Å². The van der Waals surface area contributed by atoms with Crippen LogP contribution in [0.25, 0.3) is 0 Å². The third-order valence-corrected chi connectivity index (χ3v) is 4.78. The number of hydrogen-bond acceptors (Lipinski definition) is 4. The molecule has 0 aliphatic rings. The van der Waals surface area contributed by atoms with Crippen molar-refractivity contribution in [3.05, 3.63) is 47.5 Å². The molecule has 0 aliphatic carbocycles. The Bertz CT molecular complexity index is 753. The normalized spacial score (nSPS) is 11.2. The molecular weight excluding hydrogens is 288 g/mol. The number of methoxy groups -OCH3 is 1. The molecule has 0 unspecified atom stereocenters. The minimum absolute atomic E-state index is 0.191. The molecule has 0 saturated carbocycles. The monoisotopic (exact) mass is 306 g/mol. The minimum atomic E-state index is -3.68. The van der Waals surface area contributed by atoms with Crippen molar-refractivity contribution in [1.29, 1.82) is 0 Å². The van der Waals surface area contributed by atoms with E-state index in [1.807, 2.05) is 6.92 Å². The van der Waals surface area contributed by atoms with Gasteiger partial charge in [-0.1, -0.05) is 0 Å². The van der Waals surface area contributed by atoms with Crippen molar-refractivity contribution in [2.75, 3.05) is 17.6 Å². The van der Waals surface area contributed by atoms with Gasteiger partial charge in [0.15, 0.2) is 0 Å². The van der Waals surface area contributed by atoms with E-state index < -0.39 is 10.0 Å². The fourth-order valence-electron chi connectivity index (χ4n) is 2.00. The van der Waals surface area contributed by atoms with Crippen molar-refractivity contribution < 1.29 is 13.2 Å². The first kappa shape index (κ1) is 15.2. The average molecular weight is 306 g/mol. The number of nitrogens with two attached hydrogens (primary N) is 1. The van der Waals surface area contributed by atoms with E-state index in [0.29, 0.717) is 22.7 Å². The summed E-state index contributed by atoms with van der Waals surface area (Å²) < 4.78 is 32.5. The van der Waals surface area contributed by atoms with Gasteiger partial charge >= 0.3 is 0 Å². The van der Waals surface area contributed by atoms with E-state index in [2.05, 4.69) is 4.72 Å². The van der Waals surface area contributed by atoms with Crippen molar-refractivity contribution in [3.63, 3.8) is 0 Å². The van der Waals surface area contributed by atoms with Crippen molar-refractivity contribution >= 4 is 21.4 Å². The maximum absolute atomic E-state index is 12.5. The minimum Gasteiger partial charge on any atom is -0.497 e. The van der Waals surface area contributed by atoms with Crippen LogP contribution in [0.4, 0.5) is 11.4 Å². The zero-order valence-electron chi connectivity index (χ0n) is 12.2. The van der Waals surface area contributed by atoms with Gasteiger partial charge in [0, 0.05) is 11.4 Å². The Balaban J connectivity index is 2.38. The van der Waals surface area contributed by atoms with Crippen molar-refractivity contribution in [3.8, 4) is 5.75 Å². The lowest BCUT2D eigenvalue weighted by Crippen LogP contribution is -2.15. The van der Waals surface area contributed by atoms with Crippen LogP contribution in [0.15, 0.2) is 41.3 Å². The summed E-state index contributed by atoms with van der Waals surface area (Å²) in [5.74, 6) is 0.661. The summed E-state index contributed by atoms with van der Waals surface area (Å²) in [6, 6.07) is 9.89. The number of nitrogen functional groups attached to an aromatic ring is 1. The first-order valence-electron chi connectivity index (χ1n) is 6.37. The summed E-state index contributed by atoms with van der Waals surface area (Å²) in [6.07, 6.45) is 0. The van der Waals surface area contributed by atoms with Gasteiger partial charge in [0.2, 0.25) is 0 Å². The Morgan fingerprint density at radius 1 is 1.10 bits per heavy atom. The predicted molar refractivity (Wildman–Crippen MR) is 84.1 cm³/mol. The number of aryl methyl sites for hydroxylation is 1. The zero-order valence-corrected chi connectivity index (χ0v) is 13.0. The van der Waals surface area contributed by atoms with Crippen molar-refractivity contribution in [2.45, 2.75) is 18.7 Å². The second-order valence-electron chi connectivity index (χ2n) is 4.79. The molecule has 2 aromatic rings. The molecule has 112 valence electrons. The van der Waals surface area contributed by atoms with Gasteiger partial charge in [0.05, 0.1) is 12.0 Å². The van der Waals surface area contributed by atoms with Crippen LogP contribution in [0.2, 0.25) is 0 Å². The molecule has 21 heavy (non-hydrogen) atoms. The smallest absolute Gasteiger partial charge is 0.262 e. The summed E-state index contributed by atoms with van der Waals surface area (Å²) >= 11 is 0. The summed E-state index contributed by atoms with van der Waals surface area (Å²) in [4.78, 5) is 0.191. The number of anilines is 2. The first-order chi connectivity index (χ1) is 9.83. The Labute approximate surface area is 124 Å². The van der Waals surface area contributed by atoms with Crippen LogP contribution in [0.5, 0.6) is 5.75 Å². The maximum atomic E-state index is 12.5. The number of sulfonamides is 1.